The van der Waals surface area contributed by atoms with Crippen molar-refractivity contribution in [3.63, 3.8) is 0 Å². The van der Waals surface area contributed by atoms with Gasteiger partial charge in [0.05, 0.1) is 0 Å². The molecule has 3 N–H and O–H groups in total. The molecule has 118 valence electrons. The van der Waals surface area contributed by atoms with E-state index >= 15 is 0 Å². The number of carbonyl (C=O) groups is 2. The van der Waals surface area contributed by atoms with Crippen molar-refractivity contribution in [2.45, 2.75) is 0 Å². The molecule has 5 nitrogen and oxygen atoms in total. The Balaban J connectivity index is 1.95. The largest absolute Gasteiger partial charge is 0.341 e. The second-order valence-electron chi connectivity index (χ2n) is 4.63. The zero-order valence-electron chi connectivity index (χ0n) is 12.5. The first-order valence-corrected chi connectivity index (χ1v) is 6.91. The van der Waals surface area contributed by atoms with Gasteiger partial charge in [-0.05, 0) is 36.4 Å². The van der Waals surface area contributed by atoms with Crippen LogP contribution in [0.1, 0.15) is 5.56 Å². The third-order valence-electron chi connectivity index (χ3n) is 2.96. The molecule has 2 rings (SSSR count). The van der Waals surface area contributed by atoms with Crippen LogP contribution in [0.5, 0.6) is 0 Å². The maximum absolute atomic E-state index is 13.4. The van der Waals surface area contributed by atoms with Crippen molar-refractivity contribution in [1.29, 1.82) is 0 Å². The Labute approximate surface area is 133 Å². The number of urea groups is 1. The van der Waals surface area contributed by atoms with Gasteiger partial charge in [0.1, 0.15) is 5.82 Å². The van der Waals surface area contributed by atoms with E-state index in [2.05, 4.69) is 16.0 Å². The SMILES string of the molecule is CNC(=O)Nc1ccc(NC(=O)/C=C/c2ccccc2F)cc1. The van der Waals surface area contributed by atoms with Crippen LogP contribution in [0.25, 0.3) is 6.08 Å². The van der Waals surface area contributed by atoms with Gasteiger partial charge in [-0.1, -0.05) is 18.2 Å². The zero-order valence-corrected chi connectivity index (χ0v) is 12.5. The molecule has 2 aromatic rings. The van der Waals surface area contributed by atoms with Crippen molar-refractivity contribution in [3.8, 4) is 0 Å². The third kappa shape index (κ3) is 4.96. The molecule has 0 aromatic heterocycles. The molecule has 0 radical (unpaired) electrons. The van der Waals surface area contributed by atoms with Crippen LogP contribution in [0, 0.1) is 5.82 Å². The number of nitrogens with one attached hydrogen (secondary N) is 3. The van der Waals surface area contributed by atoms with Gasteiger partial charge in [0, 0.05) is 30.1 Å². The molecule has 0 fully saturated rings. The maximum atomic E-state index is 13.4. The molecule has 23 heavy (non-hydrogen) atoms. The maximum Gasteiger partial charge on any atom is 0.318 e. The average molecular weight is 313 g/mol. The van der Waals surface area contributed by atoms with Crippen LogP contribution in [-0.2, 0) is 4.79 Å². The van der Waals surface area contributed by atoms with Crippen molar-refractivity contribution in [2.24, 2.45) is 0 Å². The number of rotatable bonds is 4. The van der Waals surface area contributed by atoms with Gasteiger partial charge in [0.25, 0.3) is 0 Å². The summed E-state index contributed by atoms with van der Waals surface area (Å²) in [5, 5.41) is 7.69. The first-order valence-electron chi connectivity index (χ1n) is 6.91. The van der Waals surface area contributed by atoms with Crippen LogP contribution >= 0.6 is 0 Å². The number of hydrogen-bond acceptors (Lipinski definition) is 2. The van der Waals surface area contributed by atoms with Crippen molar-refractivity contribution < 1.29 is 14.0 Å². The highest BCUT2D eigenvalue weighted by atomic mass is 19.1. The second kappa shape index (κ2) is 7.74. The minimum Gasteiger partial charge on any atom is -0.341 e. The average Bonchev–Trinajstić information content (AvgIpc) is 2.56. The Morgan fingerprint density at radius 1 is 0.957 bits per heavy atom. The van der Waals surface area contributed by atoms with Gasteiger partial charge in [-0.15, -0.1) is 0 Å². The van der Waals surface area contributed by atoms with Gasteiger partial charge < -0.3 is 16.0 Å². The van der Waals surface area contributed by atoms with Crippen molar-refractivity contribution in [1.82, 2.24) is 5.32 Å². The van der Waals surface area contributed by atoms with Gasteiger partial charge in [0.15, 0.2) is 0 Å². The molecule has 0 saturated heterocycles. The second-order valence-corrected chi connectivity index (χ2v) is 4.63. The van der Waals surface area contributed by atoms with Crippen LogP contribution in [0.15, 0.2) is 54.6 Å². The number of anilines is 2. The standard InChI is InChI=1S/C17H16FN3O2/c1-19-17(23)21-14-9-7-13(8-10-14)20-16(22)11-6-12-4-2-3-5-15(12)18/h2-11H,1H3,(H,20,22)(H2,19,21,23)/b11-6+. The summed E-state index contributed by atoms with van der Waals surface area (Å²) in [6.45, 7) is 0. The van der Waals surface area contributed by atoms with Crippen LogP contribution in [0.3, 0.4) is 0 Å². The number of carbonyl (C=O) groups excluding carboxylic acids is 2. The van der Waals surface area contributed by atoms with E-state index in [1.54, 1.807) is 42.5 Å². The lowest BCUT2D eigenvalue weighted by molar-refractivity contribution is -0.111. The fourth-order valence-electron chi connectivity index (χ4n) is 1.79. The summed E-state index contributed by atoms with van der Waals surface area (Å²) >= 11 is 0. The van der Waals surface area contributed by atoms with E-state index in [9.17, 15) is 14.0 Å². The van der Waals surface area contributed by atoms with E-state index in [0.717, 1.165) is 0 Å². The molecule has 0 aliphatic rings. The summed E-state index contributed by atoms with van der Waals surface area (Å²) in [5.74, 6) is -0.763. The van der Waals surface area contributed by atoms with Gasteiger partial charge in [0.2, 0.25) is 5.91 Å². The number of halogens is 1. The highest BCUT2D eigenvalue weighted by molar-refractivity contribution is 6.02. The number of benzene rings is 2. The van der Waals surface area contributed by atoms with Gasteiger partial charge in [-0.3, -0.25) is 4.79 Å². The van der Waals surface area contributed by atoms with Crippen molar-refractivity contribution >= 4 is 29.4 Å². The molecule has 6 heteroatoms. The number of hydrogen-bond donors (Lipinski definition) is 3. The van der Waals surface area contributed by atoms with Gasteiger partial charge in [-0.2, -0.15) is 0 Å². The minimum absolute atomic E-state index is 0.324. The monoisotopic (exact) mass is 313 g/mol. The topological polar surface area (TPSA) is 70.2 Å². The summed E-state index contributed by atoms with van der Waals surface area (Å²) in [6, 6.07) is 12.5. The quantitative estimate of drug-likeness (QED) is 0.758. The molecule has 2 aromatic carbocycles. The molecule has 0 bridgehead atoms. The van der Waals surface area contributed by atoms with Crippen LogP contribution < -0.4 is 16.0 Å². The predicted octanol–water partition coefficient (Wildman–Crippen LogP) is 3.23. The van der Waals surface area contributed by atoms with E-state index in [1.165, 1.54) is 25.3 Å². The lowest BCUT2D eigenvalue weighted by atomic mass is 10.2. The molecule has 0 spiro atoms. The zero-order chi connectivity index (χ0) is 16.7. The van der Waals surface area contributed by atoms with Crippen LogP contribution in [0.2, 0.25) is 0 Å². The molecule has 0 aliphatic heterocycles. The molecule has 3 amide bonds. The Morgan fingerprint density at radius 3 is 2.17 bits per heavy atom. The molecule has 0 unspecified atom stereocenters. The lowest BCUT2D eigenvalue weighted by Crippen LogP contribution is -2.24. The lowest BCUT2D eigenvalue weighted by Gasteiger charge is -2.06. The first-order chi connectivity index (χ1) is 11.1. The molecule has 0 atom stereocenters. The smallest absolute Gasteiger partial charge is 0.318 e. The Bertz CT molecular complexity index is 727. The van der Waals surface area contributed by atoms with E-state index in [-0.39, 0.29) is 17.8 Å². The summed E-state index contributed by atoms with van der Waals surface area (Å²) < 4.78 is 13.4. The van der Waals surface area contributed by atoms with E-state index in [4.69, 9.17) is 0 Å². The summed E-state index contributed by atoms with van der Waals surface area (Å²) in [6.07, 6.45) is 2.67. The predicted molar refractivity (Wildman–Crippen MR) is 88.6 cm³/mol. The highest BCUT2D eigenvalue weighted by Gasteiger charge is 2.01. The van der Waals surface area contributed by atoms with Gasteiger partial charge >= 0.3 is 6.03 Å². The molecular formula is C17H16FN3O2. The third-order valence-corrected chi connectivity index (χ3v) is 2.96. The molecule has 0 saturated carbocycles. The van der Waals surface area contributed by atoms with E-state index in [0.29, 0.717) is 16.9 Å². The van der Waals surface area contributed by atoms with Crippen LogP contribution in [-0.4, -0.2) is 19.0 Å². The van der Waals surface area contributed by atoms with Crippen LogP contribution in [0.4, 0.5) is 20.6 Å². The van der Waals surface area contributed by atoms with Crippen molar-refractivity contribution in [2.75, 3.05) is 17.7 Å². The Hall–Kier alpha value is -3.15. The molecule has 0 heterocycles. The molecule has 0 aliphatic carbocycles. The molecular weight excluding hydrogens is 297 g/mol. The van der Waals surface area contributed by atoms with E-state index in [1.807, 2.05) is 0 Å². The Morgan fingerprint density at radius 2 is 1.57 bits per heavy atom. The fraction of sp³-hybridized carbons (Fsp3) is 0.0588. The summed E-state index contributed by atoms with van der Waals surface area (Å²) in [5.41, 5.74) is 1.51. The summed E-state index contributed by atoms with van der Waals surface area (Å²) in [4.78, 5) is 23.0. The van der Waals surface area contributed by atoms with Gasteiger partial charge in [-0.25, -0.2) is 9.18 Å². The van der Waals surface area contributed by atoms with E-state index < -0.39 is 0 Å². The fourth-order valence-corrected chi connectivity index (χ4v) is 1.79. The number of amides is 3. The van der Waals surface area contributed by atoms with Crippen molar-refractivity contribution in [3.05, 3.63) is 66.0 Å². The highest BCUT2D eigenvalue weighted by Crippen LogP contribution is 2.14. The first kappa shape index (κ1) is 16.2. The normalized spacial score (nSPS) is 10.3. The Kier molecular flexibility index (Phi) is 5.46. The summed E-state index contributed by atoms with van der Waals surface area (Å²) in [7, 11) is 1.52. The minimum atomic E-state index is -0.388.